The van der Waals surface area contributed by atoms with Crippen LogP contribution in [0.15, 0.2) is 17.5 Å². The number of carbonyl (C=O) groups excluding carboxylic acids is 1. The van der Waals surface area contributed by atoms with Crippen molar-refractivity contribution in [2.45, 2.75) is 56.7 Å². The van der Waals surface area contributed by atoms with Crippen molar-refractivity contribution < 1.29 is 9.53 Å². The molecule has 25 heavy (non-hydrogen) atoms. The summed E-state index contributed by atoms with van der Waals surface area (Å²) in [4.78, 5) is 13.6. The van der Waals surface area contributed by atoms with E-state index in [4.69, 9.17) is 17.0 Å². The fourth-order valence-corrected chi connectivity index (χ4v) is 4.91. The van der Waals surface area contributed by atoms with E-state index in [0.717, 1.165) is 43.0 Å². The van der Waals surface area contributed by atoms with Crippen LogP contribution in [0.1, 0.15) is 38.5 Å². The molecule has 2 aliphatic rings. The van der Waals surface area contributed by atoms with E-state index in [1.807, 2.05) is 17.5 Å². The van der Waals surface area contributed by atoms with E-state index < -0.39 is 0 Å². The number of nitrogens with zero attached hydrogens (tertiary/aromatic N) is 2. The Morgan fingerprint density at radius 3 is 3.12 bits per heavy atom. The lowest BCUT2D eigenvalue weighted by atomic mass is 9.89. The quantitative estimate of drug-likeness (QED) is 0.801. The molecule has 1 saturated heterocycles. The summed E-state index contributed by atoms with van der Waals surface area (Å²) in [5, 5.41) is 12.2. The van der Waals surface area contributed by atoms with E-state index in [1.165, 1.54) is 12.8 Å². The van der Waals surface area contributed by atoms with Crippen LogP contribution >= 0.6 is 23.6 Å². The number of aromatic amines is 1. The van der Waals surface area contributed by atoms with Crippen molar-refractivity contribution in [2.75, 3.05) is 6.61 Å². The Morgan fingerprint density at radius 1 is 1.52 bits per heavy atom. The SMILES string of the molecule is O=C(Cn1c(-c2cccs2)n[nH]c1=S)N[C@H]1CCOC2(CCCC2)C1. The van der Waals surface area contributed by atoms with Gasteiger partial charge in [0.25, 0.3) is 0 Å². The van der Waals surface area contributed by atoms with E-state index in [9.17, 15) is 4.79 Å². The first-order valence-electron chi connectivity index (χ1n) is 8.78. The number of amides is 1. The molecule has 1 saturated carbocycles. The number of aromatic nitrogens is 3. The molecule has 2 aromatic heterocycles. The fourth-order valence-electron chi connectivity index (χ4n) is 3.99. The van der Waals surface area contributed by atoms with Gasteiger partial charge in [-0.05, 0) is 49.3 Å². The summed E-state index contributed by atoms with van der Waals surface area (Å²) in [7, 11) is 0. The van der Waals surface area contributed by atoms with E-state index in [1.54, 1.807) is 15.9 Å². The number of thiophene rings is 1. The van der Waals surface area contributed by atoms with Gasteiger partial charge in [-0.15, -0.1) is 11.3 Å². The first-order valence-corrected chi connectivity index (χ1v) is 10.1. The number of ether oxygens (including phenoxy) is 1. The lowest BCUT2D eigenvalue weighted by Gasteiger charge is -2.38. The lowest BCUT2D eigenvalue weighted by Crippen LogP contribution is -2.48. The van der Waals surface area contributed by atoms with Crippen molar-refractivity contribution in [3.63, 3.8) is 0 Å². The molecule has 2 aromatic rings. The van der Waals surface area contributed by atoms with E-state index in [2.05, 4.69) is 15.5 Å². The van der Waals surface area contributed by atoms with Crippen molar-refractivity contribution in [1.82, 2.24) is 20.1 Å². The second-order valence-electron chi connectivity index (χ2n) is 6.91. The maximum atomic E-state index is 12.6. The second kappa shape index (κ2) is 7.01. The molecule has 1 atom stereocenters. The van der Waals surface area contributed by atoms with Crippen LogP contribution < -0.4 is 5.32 Å². The Morgan fingerprint density at radius 2 is 2.36 bits per heavy atom. The van der Waals surface area contributed by atoms with Gasteiger partial charge >= 0.3 is 0 Å². The minimum atomic E-state index is -0.0182. The van der Waals surface area contributed by atoms with Crippen LogP contribution in [0.25, 0.3) is 10.7 Å². The summed E-state index contributed by atoms with van der Waals surface area (Å²) in [6.07, 6.45) is 6.50. The smallest absolute Gasteiger partial charge is 0.240 e. The summed E-state index contributed by atoms with van der Waals surface area (Å²) in [5.41, 5.74) is 0.00425. The van der Waals surface area contributed by atoms with Gasteiger partial charge in [0.05, 0.1) is 10.5 Å². The van der Waals surface area contributed by atoms with Gasteiger partial charge in [-0.1, -0.05) is 18.9 Å². The monoisotopic (exact) mass is 378 g/mol. The summed E-state index contributed by atoms with van der Waals surface area (Å²) in [6, 6.07) is 4.13. The maximum Gasteiger partial charge on any atom is 0.240 e. The van der Waals surface area contributed by atoms with Crippen LogP contribution in [0, 0.1) is 4.77 Å². The third kappa shape index (κ3) is 3.56. The molecular weight excluding hydrogens is 356 g/mol. The molecule has 0 aromatic carbocycles. The third-order valence-corrected chi connectivity index (χ3v) is 6.35. The van der Waals surface area contributed by atoms with Crippen LogP contribution in [-0.2, 0) is 16.1 Å². The van der Waals surface area contributed by atoms with Gasteiger partial charge in [-0.25, -0.2) is 0 Å². The first-order chi connectivity index (χ1) is 12.2. The van der Waals surface area contributed by atoms with Crippen LogP contribution in [0.5, 0.6) is 0 Å². The lowest BCUT2D eigenvalue weighted by molar-refractivity contribution is -0.125. The Bertz CT molecular complexity index is 790. The predicted molar refractivity (Wildman–Crippen MR) is 99.0 cm³/mol. The van der Waals surface area contributed by atoms with Gasteiger partial charge in [0.1, 0.15) is 6.54 Å². The van der Waals surface area contributed by atoms with Crippen molar-refractivity contribution >= 4 is 29.5 Å². The number of carbonyl (C=O) groups is 1. The summed E-state index contributed by atoms with van der Waals surface area (Å²) < 4.78 is 8.28. The van der Waals surface area contributed by atoms with E-state index >= 15 is 0 Å². The molecule has 8 heteroatoms. The van der Waals surface area contributed by atoms with Crippen LogP contribution in [-0.4, -0.2) is 38.9 Å². The number of rotatable bonds is 4. The largest absolute Gasteiger partial charge is 0.375 e. The molecule has 1 amide bonds. The average Bonchev–Trinajstić information content (AvgIpc) is 3.31. The topological polar surface area (TPSA) is 71.9 Å². The molecule has 1 aliphatic carbocycles. The number of nitrogens with one attached hydrogen (secondary N) is 2. The van der Waals surface area contributed by atoms with Gasteiger partial charge in [-0.3, -0.25) is 14.5 Å². The summed E-state index contributed by atoms with van der Waals surface area (Å²) in [5.74, 6) is 0.699. The highest BCUT2D eigenvalue weighted by atomic mass is 32.1. The van der Waals surface area contributed by atoms with Crippen molar-refractivity contribution in [3.05, 3.63) is 22.3 Å². The first kappa shape index (κ1) is 16.9. The van der Waals surface area contributed by atoms with Crippen LogP contribution in [0.4, 0.5) is 0 Å². The Kier molecular flexibility index (Phi) is 4.75. The number of H-pyrrole nitrogens is 1. The Balaban J connectivity index is 1.43. The van der Waals surface area contributed by atoms with Gasteiger partial charge in [-0.2, -0.15) is 5.10 Å². The summed E-state index contributed by atoms with van der Waals surface area (Å²) in [6.45, 7) is 0.920. The molecule has 0 bridgehead atoms. The molecular formula is C17H22N4O2S2. The van der Waals surface area contributed by atoms with E-state index in [0.29, 0.717) is 4.77 Å². The molecule has 1 spiro atoms. The minimum Gasteiger partial charge on any atom is -0.375 e. The number of hydrogen-bond acceptors (Lipinski definition) is 5. The second-order valence-corrected chi connectivity index (χ2v) is 8.25. The highest BCUT2D eigenvalue weighted by Gasteiger charge is 2.40. The van der Waals surface area contributed by atoms with Gasteiger partial charge in [0.2, 0.25) is 5.91 Å². The molecule has 1 aliphatic heterocycles. The molecule has 2 N–H and O–H groups in total. The molecule has 0 radical (unpaired) electrons. The molecule has 2 fully saturated rings. The Labute approximate surface area is 155 Å². The highest BCUT2D eigenvalue weighted by Crippen LogP contribution is 2.39. The van der Waals surface area contributed by atoms with E-state index in [-0.39, 0.29) is 24.1 Å². The van der Waals surface area contributed by atoms with Crippen LogP contribution in [0.2, 0.25) is 0 Å². The molecule has 6 nitrogen and oxygen atoms in total. The Hall–Kier alpha value is -1.51. The predicted octanol–water partition coefficient (Wildman–Crippen LogP) is 3.28. The molecule has 134 valence electrons. The standard InChI is InChI=1S/C17H22N4O2S2/c22-14(18-12-5-8-23-17(10-12)6-1-2-7-17)11-21-15(19-20-16(21)24)13-4-3-9-25-13/h3-4,9,12H,1-2,5-8,10-11H2,(H,18,22)(H,20,24)/t12-/m0/s1. The minimum absolute atomic E-state index is 0.00425. The third-order valence-electron chi connectivity index (χ3n) is 5.17. The molecule has 3 heterocycles. The average molecular weight is 379 g/mol. The zero-order valence-corrected chi connectivity index (χ0v) is 15.6. The number of hydrogen-bond donors (Lipinski definition) is 2. The molecule has 0 unspecified atom stereocenters. The van der Waals surface area contributed by atoms with Crippen molar-refractivity contribution in [1.29, 1.82) is 0 Å². The van der Waals surface area contributed by atoms with Gasteiger partial charge < -0.3 is 10.1 Å². The van der Waals surface area contributed by atoms with Gasteiger partial charge in [0.15, 0.2) is 10.6 Å². The summed E-state index contributed by atoms with van der Waals surface area (Å²) >= 11 is 6.88. The van der Waals surface area contributed by atoms with Crippen molar-refractivity contribution in [3.8, 4) is 10.7 Å². The highest BCUT2D eigenvalue weighted by molar-refractivity contribution is 7.71. The zero-order chi connectivity index (χ0) is 17.3. The maximum absolute atomic E-state index is 12.6. The zero-order valence-electron chi connectivity index (χ0n) is 14.0. The molecule has 4 rings (SSSR count). The van der Waals surface area contributed by atoms with Crippen LogP contribution in [0.3, 0.4) is 0 Å². The van der Waals surface area contributed by atoms with Crippen molar-refractivity contribution in [2.24, 2.45) is 0 Å². The van der Waals surface area contributed by atoms with Gasteiger partial charge in [0, 0.05) is 12.6 Å². The normalized spacial score (nSPS) is 22.3. The fraction of sp³-hybridized carbons (Fsp3) is 0.588.